The molecule has 0 saturated heterocycles. The summed E-state index contributed by atoms with van der Waals surface area (Å²) in [4.78, 5) is 17.2. The summed E-state index contributed by atoms with van der Waals surface area (Å²) in [5.74, 6) is 0.783. The second kappa shape index (κ2) is 7.47. The van der Waals surface area contributed by atoms with Crippen LogP contribution in [0.4, 0.5) is 0 Å². The minimum Gasteiger partial charge on any atom is -0.493 e. The second-order valence-electron chi connectivity index (χ2n) is 5.84. The number of aliphatic imine (C=N–C) groups is 1. The fourth-order valence-corrected chi connectivity index (χ4v) is 4.50. The first-order valence-corrected chi connectivity index (χ1v) is 9.70. The van der Waals surface area contributed by atoms with E-state index in [-0.39, 0.29) is 11.6 Å². The molecule has 142 valence electrons. The zero-order valence-electron chi connectivity index (χ0n) is 14.8. The number of cyclic esters (lactones) is 1. The van der Waals surface area contributed by atoms with Crippen LogP contribution >= 0.6 is 34.5 Å². The highest BCUT2D eigenvalue weighted by atomic mass is 35.5. The fraction of sp³-hybridized carbons (Fsp3) is 0.100. The molecule has 0 radical (unpaired) electrons. The number of esters is 1. The van der Waals surface area contributed by atoms with Gasteiger partial charge in [-0.1, -0.05) is 35.3 Å². The van der Waals surface area contributed by atoms with Crippen molar-refractivity contribution in [3.8, 4) is 11.5 Å². The molecule has 5 nitrogen and oxygen atoms in total. The molecular weight excluding hydrogens is 421 g/mol. The van der Waals surface area contributed by atoms with E-state index in [1.807, 2.05) is 12.1 Å². The minimum atomic E-state index is -0.545. The van der Waals surface area contributed by atoms with Crippen molar-refractivity contribution in [3.63, 3.8) is 0 Å². The molecule has 0 spiro atoms. The average molecular weight is 434 g/mol. The van der Waals surface area contributed by atoms with Crippen molar-refractivity contribution in [1.29, 1.82) is 0 Å². The van der Waals surface area contributed by atoms with Gasteiger partial charge in [0.15, 0.2) is 17.2 Å². The van der Waals surface area contributed by atoms with Crippen LogP contribution < -0.4 is 9.47 Å². The van der Waals surface area contributed by atoms with E-state index >= 15 is 0 Å². The lowest BCUT2D eigenvalue weighted by Crippen LogP contribution is -2.04. The standard InChI is InChI=1S/C20H13Cl2NO4S/c1-25-14-6-3-10(8-15(14)26-2)7-13-20(24)27-19(23-13)18-17(22)12-5-4-11(21)9-16(12)28-18/h3-9H,1-2H3/b13-7+. The van der Waals surface area contributed by atoms with Gasteiger partial charge in [0.1, 0.15) is 4.88 Å². The lowest BCUT2D eigenvalue weighted by Gasteiger charge is -2.07. The molecule has 0 unspecified atom stereocenters. The van der Waals surface area contributed by atoms with Gasteiger partial charge in [-0.2, -0.15) is 0 Å². The molecule has 0 fully saturated rings. The van der Waals surface area contributed by atoms with Crippen LogP contribution in [-0.4, -0.2) is 26.1 Å². The van der Waals surface area contributed by atoms with E-state index in [0.29, 0.717) is 26.4 Å². The molecular formula is C20H13Cl2NO4S. The summed E-state index contributed by atoms with van der Waals surface area (Å²) in [5.41, 5.74) is 0.901. The van der Waals surface area contributed by atoms with Crippen molar-refractivity contribution in [2.24, 2.45) is 4.99 Å². The summed E-state index contributed by atoms with van der Waals surface area (Å²) >= 11 is 13.9. The minimum absolute atomic E-state index is 0.175. The Morgan fingerprint density at radius 1 is 1.07 bits per heavy atom. The maximum absolute atomic E-state index is 12.3. The molecule has 1 aromatic heterocycles. The predicted molar refractivity (Wildman–Crippen MR) is 112 cm³/mol. The normalized spacial score (nSPS) is 15.1. The van der Waals surface area contributed by atoms with Crippen LogP contribution in [0.3, 0.4) is 0 Å². The Hall–Kier alpha value is -2.54. The molecule has 0 amide bonds. The van der Waals surface area contributed by atoms with Crippen LogP contribution in [0.15, 0.2) is 47.1 Å². The molecule has 4 rings (SSSR count). The molecule has 28 heavy (non-hydrogen) atoms. The van der Waals surface area contributed by atoms with Gasteiger partial charge in [0.2, 0.25) is 5.90 Å². The van der Waals surface area contributed by atoms with Gasteiger partial charge in [0.25, 0.3) is 0 Å². The number of hydrogen-bond donors (Lipinski definition) is 0. The van der Waals surface area contributed by atoms with Crippen LogP contribution in [0.2, 0.25) is 10.0 Å². The van der Waals surface area contributed by atoms with Crippen LogP contribution in [-0.2, 0) is 9.53 Å². The number of halogens is 2. The average Bonchev–Trinajstić information content (AvgIpc) is 3.21. The van der Waals surface area contributed by atoms with Gasteiger partial charge in [-0.05, 0) is 35.9 Å². The predicted octanol–water partition coefficient (Wildman–Crippen LogP) is 5.57. The summed E-state index contributed by atoms with van der Waals surface area (Å²) < 4.78 is 16.8. The van der Waals surface area contributed by atoms with Crippen LogP contribution in [0.5, 0.6) is 11.5 Å². The highest BCUT2D eigenvalue weighted by Gasteiger charge is 2.28. The largest absolute Gasteiger partial charge is 0.493 e. The topological polar surface area (TPSA) is 57.1 Å². The third-order valence-electron chi connectivity index (χ3n) is 4.12. The second-order valence-corrected chi connectivity index (χ2v) is 7.70. The van der Waals surface area contributed by atoms with Crippen LogP contribution in [0.25, 0.3) is 16.2 Å². The van der Waals surface area contributed by atoms with Crippen molar-refractivity contribution in [2.75, 3.05) is 14.2 Å². The van der Waals surface area contributed by atoms with Crippen molar-refractivity contribution in [2.45, 2.75) is 0 Å². The van der Waals surface area contributed by atoms with Gasteiger partial charge in [0.05, 0.1) is 19.2 Å². The van der Waals surface area contributed by atoms with Crippen molar-refractivity contribution >= 4 is 62.6 Å². The van der Waals surface area contributed by atoms with E-state index in [4.69, 9.17) is 37.4 Å². The number of benzene rings is 2. The van der Waals surface area contributed by atoms with Crippen LogP contribution in [0, 0.1) is 0 Å². The quantitative estimate of drug-likeness (QED) is 0.398. The van der Waals surface area contributed by atoms with Gasteiger partial charge in [-0.15, -0.1) is 11.3 Å². The lowest BCUT2D eigenvalue weighted by atomic mass is 10.1. The number of hydrogen-bond acceptors (Lipinski definition) is 6. The highest BCUT2D eigenvalue weighted by molar-refractivity contribution is 7.21. The Bertz CT molecular complexity index is 1170. The van der Waals surface area contributed by atoms with E-state index in [1.165, 1.54) is 11.3 Å². The molecule has 0 atom stereocenters. The SMILES string of the molecule is COc1ccc(/C=C2/N=C(c3sc4cc(Cl)ccc4c3Cl)OC2=O)cc1OC. The van der Waals surface area contributed by atoms with Crippen molar-refractivity contribution in [3.05, 3.63) is 62.6 Å². The smallest absolute Gasteiger partial charge is 0.363 e. The van der Waals surface area contributed by atoms with Gasteiger partial charge in [0, 0.05) is 15.1 Å². The number of thiophene rings is 1. The number of carbonyl (C=O) groups excluding carboxylic acids is 1. The lowest BCUT2D eigenvalue weighted by molar-refractivity contribution is -0.129. The van der Waals surface area contributed by atoms with Gasteiger partial charge < -0.3 is 14.2 Å². The molecule has 1 aliphatic heterocycles. The van der Waals surface area contributed by atoms with E-state index in [9.17, 15) is 4.79 Å². The van der Waals surface area contributed by atoms with Gasteiger partial charge in [-0.3, -0.25) is 0 Å². The monoisotopic (exact) mass is 433 g/mol. The maximum atomic E-state index is 12.3. The van der Waals surface area contributed by atoms with Crippen LogP contribution in [0.1, 0.15) is 10.4 Å². The van der Waals surface area contributed by atoms with E-state index in [2.05, 4.69) is 4.99 Å². The van der Waals surface area contributed by atoms with Gasteiger partial charge >= 0.3 is 5.97 Å². The number of rotatable bonds is 4. The van der Waals surface area contributed by atoms with Crippen molar-refractivity contribution in [1.82, 2.24) is 0 Å². The van der Waals surface area contributed by atoms with E-state index in [1.54, 1.807) is 44.6 Å². The Morgan fingerprint density at radius 3 is 2.61 bits per heavy atom. The summed E-state index contributed by atoms with van der Waals surface area (Å²) in [6, 6.07) is 10.7. The Kier molecular flexibility index (Phi) is 5.02. The summed E-state index contributed by atoms with van der Waals surface area (Å²) in [6.07, 6.45) is 1.62. The number of methoxy groups -OCH3 is 2. The Morgan fingerprint density at radius 2 is 1.86 bits per heavy atom. The first kappa shape index (κ1) is 18.8. The molecule has 2 heterocycles. The Balaban J connectivity index is 1.73. The summed E-state index contributed by atoms with van der Waals surface area (Å²) in [6.45, 7) is 0. The fourth-order valence-electron chi connectivity index (χ4n) is 2.78. The molecule has 0 aliphatic carbocycles. The molecule has 2 aromatic carbocycles. The molecule has 8 heteroatoms. The Labute approximate surface area is 174 Å². The first-order chi connectivity index (χ1) is 13.5. The summed E-state index contributed by atoms with van der Waals surface area (Å²) in [5, 5.41) is 1.93. The van der Waals surface area contributed by atoms with Crippen molar-refractivity contribution < 1.29 is 19.0 Å². The zero-order valence-corrected chi connectivity index (χ0v) is 17.1. The number of ether oxygens (including phenoxy) is 3. The molecule has 1 aliphatic rings. The van der Waals surface area contributed by atoms with E-state index in [0.717, 1.165) is 15.6 Å². The zero-order chi connectivity index (χ0) is 19.8. The first-order valence-electron chi connectivity index (χ1n) is 8.12. The molecule has 0 N–H and O–H groups in total. The van der Waals surface area contributed by atoms with E-state index < -0.39 is 5.97 Å². The third kappa shape index (κ3) is 3.35. The maximum Gasteiger partial charge on any atom is 0.363 e. The highest BCUT2D eigenvalue weighted by Crippen LogP contribution is 2.38. The van der Waals surface area contributed by atoms with Gasteiger partial charge in [-0.25, -0.2) is 9.79 Å². The summed E-state index contributed by atoms with van der Waals surface area (Å²) in [7, 11) is 3.10. The molecule has 0 bridgehead atoms. The molecule has 0 saturated carbocycles. The third-order valence-corrected chi connectivity index (χ3v) is 6.00. The number of nitrogens with zero attached hydrogens (tertiary/aromatic N) is 1. The number of carbonyl (C=O) groups is 1. The number of fused-ring (bicyclic) bond motifs is 1. The molecule has 3 aromatic rings.